The Morgan fingerprint density at radius 3 is 2.72 bits per heavy atom. The van der Waals surface area contributed by atoms with Crippen LogP contribution in [0.25, 0.3) is 0 Å². The van der Waals surface area contributed by atoms with E-state index in [-0.39, 0.29) is 6.04 Å². The Labute approximate surface area is 116 Å². The predicted molar refractivity (Wildman–Crippen MR) is 77.0 cm³/mol. The first kappa shape index (κ1) is 12.2. The van der Waals surface area contributed by atoms with Crippen LogP contribution in [0, 0.1) is 0 Å². The minimum atomic E-state index is 0.0356. The van der Waals surface area contributed by atoms with E-state index in [2.05, 4.69) is 23.6 Å². The monoisotopic (exact) mass is 278 g/mol. The van der Waals surface area contributed by atoms with Gasteiger partial charge in [-0.25, -0.2) is 5.43 Å². The van der Waals surface area contributed by atoms with E-state index in [4.69, 9.17) is 17.4 Å². The first-order valence-electron chi connectivity index (χ1n) is 6.11. The highest BCUT2D eigenvalue weighted by Gasteiger charge is 2.18. The second kappa shape index (κ2) is 5.02. The number of fused-ring (bicyclic) bond motifs is 1. The Morgan fingerprint density at radius 1 is 1.17 bits per heavy atom. The molecule has 1 aromatic carbocycles. The van der Waals surface area contributed by atoms with Gasteiger partial charge in [0.15, 0.2) is 0 Å². The zero-order chi connectivity index (χ0) is 12.5. The molecule has 4 heteroatoms. The molecule has 18 heavy (non-hydrogen) atoms. The minimum absolute atomic E-state index is 0.0356. The van der Waals surface area contributed by atoms with Crippen molar-refractivity contribution < 1.29 is 0 Å². The lowest BCUT2D eigenvalue weighted by atomic mass is 10.0. The summed E-state index contributed by atoms with van der Waals surface area (Å²) in [7, 11) is 0. The van der Waals surface area contributed by atoms with Gasteiger partial charge >= 0.3 is 0 Å². The SMILES string of the molecule is NNC(c1ccc2c(c1)CCC2)c1ccc(Cl)s1. The predicted octanol–water partition coefficient (Wildman–Crippen LogP) is 3.44. The molecule has 0 saturated carbocycles. The molecule has 94 valence electrons. The van der Waals surface area contributed by atoms with Gasteiger partial charge in [0, 0.05) is 4.88 Å². The van der Waals surface area contributed by atoms with Crippen LogP contribution in [-0.4, -0.2) is 0 Å². The topological polar surface area (TPSA) is 38.0 Å². The number of rotatable bonds is 3. The van der Waals surface area contributed by atoms with Gasteiger partial charge in [0.25, 0.3) is 0 Å². The second-order valence-corrected chi connectivity index (χ2v) is 6.37. The van der Waals surface area contributed by atoms with E-state index in [0.717, 1.165) is 9.21 Å². The Kier molecular flexibility index (Phi) is 3.39. The molecule has 0 fully saturated rings. The van der Waals surface area contributed by atoms with Crippen molar-refractivity contribution in [3.63, 3.8) is 0 Å². The summed E-state index contributed by atoms with van der Waals surface area (Å²) in [4.78, 5) is 1.15. The lowest BCUT2D eigenvalue weighted by molar-refractivity contribution is 0.646. The highest BCUT2D eigenvalue weighted by atomic mass is 35.5. The summed E-state index contributed by atoms with van der Waals surface area (Å²) in [6.07, 6.45) is 3.66. The maximum Gasteiger partial charge on any atom is 0.0931 e. The Balaban J connectivity index is 1.96. The number of halogens is 1. The van der Waals surface area contributed by atoms with Gasteiger partial charge in [-0.1, -0.05) is 29.8 Å². The van der Waals surface area contributed by atoms with Crippen molar-refractivity contribution in [1.82, 2.24) is 5.43 Å². The average Bonchev–Trinajstić information content (AvgIpc) is 2.99. The van der Waals surface area contributed by atoms with Crippen LogP contribution in [-0.2, 0) is 12.8 Å². The lowest BCUT2D eigenvalue weighted by Crippen LogP contribution is -2.28. The van der Waals surface area contributed by atoms with E-state index in [1.54, 1.807) is 11.3 Å². The van der Waals surface area contributed by atoms with Crippen LogP contribution >= 0.6 is 22.9 Å². The lowest BCUT2D eigenvalue weighted by Gasteiger charge is -2.16. The van der Waals surface area contributed by atoms with Crippen molar-refractivity contribution in [3.8, 4) is 0 Å². The number of hydrazine groups is 1. The highest BCUT2D eigenvalue weighted by Crippen LogP contribution is 2.32. The Bertz CT molecular complexity index is 565. The smallest absolute Gasteiger partial charge is 0.0931 e. The summed E-state index contributed by atoms with van der Waals surface area (Å²) in [5.74, 6) is 5.70. The van der Waals surface area contributed by atoms with Gasteiger partial charge in [-0.2, -0.15) is 0 Å². The van der Waals surface area contributed by atoms with E-state index < -0.39 is 0 Å². The van der Waals surface area contributed by atoms with Crippen molar-refractivity contribution in [2.24, 2.45) is 5.84 Å². The molecule has 2 nitrogen and oxygen atoms in total. The number of aryl methyl sites for hydroxylation is 2. The number of thiophene rings is 1. The quantitative estimate of drug-likeness (QED) is 0.667. The van der Waals surface area contributed by atoms with E-state index in [1.807, 2.05) is 12.1 Å². The fourth-order valence-electron chi connectivity index (χ4n) is 2.60. The van der Waals surface area contributed by atoms with Gasteiger partial charge in [0.05, 0.1) is 10.4 Å². The maximum absolute atomic E-state index is 5.99. The van der Waals surface area contributed by atoms with Gasteiger partial charge in [-0.15, -0.1) is 11.3 Å². The molecule has 3 rings (SSSR count). The van der Waals surface area contributed by atoms with Crippen molar-refractivity contribution in [2.45, 2.75) is 25.3 Å². The van der Waals surface area contributed by atoms with E-state index in [0.29, 0.717) is 0 Å². The number of nitrogens with one attached hydrogen (secondary N) is 1. The highest BCUT2D eigenvalue weighted by molar-refractivity contribution is 7.16. The molecular formula is C14H15ClN2S. The van der Waals surface area contributed by atoms with E-state index in [9.17, 15) is 0 Å². The molecule has 1 unspecified atom stereocenters. The van der Waals surface area contributed by atoms with Crippen molar-refractivity contribution in [1.29, 1.82) is 0 Å². The third-order valence-electron chi connectivity index (χ3n) is 3.50. The molecule has 1 aromatic heterocycles. The summed E-state index contributed by atoms with van der Waals surface area (Å²) >= 11 is 7.56. The van der Waals surface area contributed by atoms with E-state index in [1.165, 1.54) is 36.0 Å². The van der Waals surface area contributed by atoms with Crippen molar-refractivity contribution in [3.05, 3.63) is 56.2 Å². The number of hydrogen-bond donors (Lipinski definition) is 2. The van der Waals surface area contributed by atoms with Gasteiger partial charge < -0.3 is 0 Å². The van der Waals surface area contributed by atoms with Crippen molar-refractivity contribution >= 4 is 22.9 Å². The van der Waals surface area contributed by atoms with Gasteiger partial charge in [0.2, 0.25) is 0 Å². The van der Waals surface area contributed by atoms with Crippen LogP contribution in [0.2, 0.25) is 4.34 Å². The molecule has 0 spiro atoms. The van der Waals surface area contributed by atoms with Gasteiger partial charge in [0.1, 0.15) is 0 Å². The first-order chi connectivity index (χ1) is 8.78. The fraction of sp³-hybridized carbons (Fsp3) is 0.286. The van der Waals surface area contributed by atoms with Gasteiger partial charge in [-0.3, -0.25) is 5.84 Å². The third kappa shape index (κ3) is 2.19. The zero-order valence-corrected chi connectivity index (χ0v) is 11.5. The molecule has 1 atom stereocenters. The molecule has 1 aliphatic carbocycles. The molecule has 1 heterocycles. The van der Waals surface area contributed by atoms with Crippen LogP contribution in [0.3, 0.4) is 0 Å². The third-order valence-corrected chi connectivity index (χ3v) is 4.80. The molecule has 3 N–H and O–H groups in total. The molecule has 0 amide bonds. The molecule has 2 aromatic rings. The normalized spacial score (nSPS) is 15.7. The number of hydrogen-bond acceptors (Lipinski definition) is 3. The number of nitrogens with two attached hydrogens (primary N) is 1. The van der Waals surface area contributed by atoms with Crippen molar-refractivity contribution in [2.75, 3.05) is 0 Å². The second-order valence-electron chi connectivity index (χ2n) is 4.62. The zero-order valence-electron chi connectivity index (χ0n) is 9.95. The van der Waals surface area contributed by atoms with Gasteiger partial charge in [-0.05, 0) is 48.1 Å². The molecule has 0 bridgehead atoms. The first-order valence-corrected chi connectivity index (χ1v) is 7.30. The minimum Gasteiger partial charge on any atom is -0.271 e. The molecule has 1 aliphatic rings. The summed E-state index contributed by atoms with van der Waals surface area (Å²) in [5, 5.41) is 0. The van der Waals surface area contributed by atoms with Crippen LogP contribution < -0.4 is 11.3 Å². The Morgan fingerprint density at radius 2 is 2.00 bits per heavy atom. The summed E-state index contributed by atoms with van der Waals surface area (Å²) < 4.78 is 0.798. The van der Waals surface area contributed by atoms with E-state index >= 15 is 0 Å². The Hall–Kier alpha value is -0.870. The molecule has 0 saturated heterocycles. The fourth-order valence-corrected chi connectivity index (χ4v) is 3.75. The molecule has 0 aliphatic heterocycles. The molecular weight excluding hydrogens is 264 g/mol. The van der Waals surface area contributed by atoms with Crippen LogP contribution in [0.4, 0.5) is 0 Å². The molecule has 0 radical (unpaired) electrons. The summed E-state index contributed by atoms with van der Waals surface area (Å²) in [6.45, 7) is 0. The van der Waals surface area contributed by atoms with Crippen LogP contribution in [0.5, 0.6) is 0 Å². The average molecular weight is 279 g/mol. The van der Waals surface area contributed by atoms with Crippen LogP contribution in [0.15, 0.2) is 30.3 Å². The number of benzene rings is 1. The maximum atomic E-state index is 5.99. The summed E-state index contributed by atoms with van der Waals surface area (Å²) in [6, 6.07) is 10.7. The van der Waals surface area contributed by atoms with Crippen LogP contribution in [0.1, 0.15) is 34.0 Å². The largest absolute Gasteiger partial charge is 0.271 e. The standard InChI is InChI=1S/C14H15ClN2S/c15-13-7-6-12(18-13)14(17-16)11-5-4-9-2-1-3-10(9)8-11/h4-8,14,17H,1-3,16H2. The summed E-state index contributed by atoms with van der Waals surface area (Å²) in [5.41, 5.74) is 7.06.